The number of nitrogen functional groups attached to an aromatic ring is 1. The van der Waals surface area contributed by atoms with Gasteiger partial charge in [-0.2, -0.15) is 5.10 Å². The summed E-state index contributed by atoms with van der Waals surface area (Å²) in [7, 11) is 0. The lowest BCUT2D eigenvalue weighted by atomic mass is 10.1. The number of rotatable bonds is 3. The van der Waals surface area contributed by atoms with E-state index in [2.05, 4.69) is 15.1 Å². The fourth-order valence-corrected chi connectivity index (χ4v) is 2.11. The van der Waals surface area contributed by atoms with Crippen LogP contribution in [-0.4, -0.2) is 19.7 Å². The molecule has 0 saturated heterocycles. The second kappa shape index (κ2) is 5.13. The predicted molar refractivity (Wildman–Crippen MR) is 78.8 cm³/mol. The molecule has 100 valence electrons. The van der Waals surface area contributed by atoms with Gasteiger partial charge < -0.3 is 5.73 Å². The molecule has 0 bridgehead atoms. The number of nitrogens with zero attached hydrogens (tertiary/aromatic N) is 4. The molecule has 0 aliphatic rings. The standard InChI is InChI=1S/C15H15N5/c1-2-20-13(8-9-17-20)15-18-12(10-14(16)19-15)11-6-4-3-5-7-11/h3-10H,2H2,1H3,(H2,16,18,19). The zero-order valence-corrected chi connectivity index (χ0v) is 11.2. The topological polar surface area (TPSA) is 69.6 Å². The Hall–Kier alpha value is -2.69. The molecule has 2 heterocycles. The minimum absolute atomic E-state index is 0.456. The van der Waals surface area contributed by atoms with Crippen molar-refractivity contribution in [2.24, 2.45) is 0 Å². The van der Waals surface area contributed by atoms with Crippen LogP contribution in [0.3, 0.4) is 0 Å². The molecule has 0 fully saturated rings. The molecule has 0 aliphatic heterocycles. The Morgan fingerprint density at radius 3 is 2.65 bits per heavy atom. The summed E-state index contributed by atoms with van der Waals surface area (Å²) in [5.41, 5.74) is 8.62. The maximum atomic E-state index is 5.91. The molecule has 0 saturated carbocycles. The lowest BCUT2D eigenvalue weighted by Crippen LogP contribution is -2.04. The van der Waals surface area contributed by atoms with Gasteiger partial charge in [-0.3, -0.25) is 4.68 Å². The summed E-state index contributed by atoms with van der Waals surface area (Å²) < 4.78 is 1.85. The molecule has 0 unspecified atom stereocenters. The van der Waals surface area contributed by atoms with Crippen LogP contribution >= 0.6 is 0 Å². The Balaban J connectivity index is 2.12. The van der Waals surface area contributed by atoms with Crippen LogP contribution in [0.1, 0.15) is 6.92 Å². The van der Waals surface area contributed by atoms with Crippen molar-refractivity contribution in [3.8, 4) is 22.8 Å². The summed E-state index contributed by atoms with van der Waals surface area (Å²) in [6, 6.07) is 13.6. The minimum Gasteiger partial charge on any atom is -0.384 e. The van der Waals surface area contributed by atoms with Crippen molar-refractivity contribution in [3.63, 3.8) is 0 Å². The third-order valence-corrected chi connectivity index (χ3v) is 3.06. The summed E-state index contributed by atoms with van der Waals surface area (Å²) in [6.07, 6.45) is 1.74. The zero-order chi connectivity index (χ0) is 13.9. The normalized spacial score (nSPS) is 10.7. The van der Waals surface area contributed by atoms with Gasteiger partial charge in [-0.25, -0.2) is 9.97 Å². The summed E-state index contributed by atoms with van der Waals surface area (Å²) in [6.45, 7) is 2.79. The molecule has 5 nitrogen and oxygen atoms in total. The summed E-state index contributed by atoms with van der Waals surface area (Å²) >= 11 is 0. The van der Waals surface area contributed by atoms with Gasteiger partial charge in [0.25, 0.3) is 0 Å². The van der Waals surface area contributed by atoms with E-state index in [0.717, 1.165) is 23.5 Å². The second-order valence-corrected chi connectivity index (χ2v) is 4.40. The quantitative estimate of drug-likeness (QED) is 0.790. The lowest BCUT2D eigenvalue weighted by molar-refractivity contribution is 0.664. The van der Waals surface area contributed by atoms with Gasteiger partial charge in [0.1, 0.15) is 11.5 Å². The second-order valence-electron chi connectivity index (χ2n) is 4.40. The average molecular weight is 265 g/mol. The highest BCUT2D eigenvalue weighted by molar-refractivity contribution is 5.65. The van der Waals surface area contributed by atoms with Crippen LogP contribution in [0.4, 0.5) is 5.82 Å². The van der Waals surface area contributed by atoms with Crippen LogP contribution in [0.25, 0.3) is 22.8 Å². The van der Waals surface area contributed by atoms with E-state index in [1.54, 1.807) is 12.3 Å². The number of hydrogen-bond acceptors (Lipinski definition) is 4. The van der Waals surface area contributed by atoms with E-state index in [1.807, 2.05) is 48.0 Å². The molecule has 2 aromatic heterocycles. The lowest BCUT2D eigenvalue weighted by Gasteiger charge is -2.07. The van der Waals surface area contributed by atoms with Crippen molar-refractivity contribution in [2.45, 2.75) is 13.5 Å². The van der Waals surface area contributed by atoms with Gasteiger partial charge in [0.2, 0.25) is 0 Å². The van der Waals surface area contributed by atoms with Gasteiger partial charge in [-0.15, -0.1) is 0 Å². The van der Waals surface area contributed by atoms with E-state index in [4.69, 9.17) is 5.73 Å². The first-order valence-electron chi connectivity index (χ1n) is 6.50. The molecule has 0 aliphatic carbocycles. The van der Waals surface area contributed by atoms with Gasteiger partial charge in [0.15, 0.2) is 5.82 Å². The molecule has 0 radical (unpaired) electrons. The predicted octanol–water partition coefficient (Wildman–Crippen LogP) is 2.61. The Morgan fingerprint density at radius 2 is 1.90 bits per heavy atom. The maximum Gasteiger partial charge on any atom is 0.180 e. The number of nitrogens with two attached hydrogens (primary N) is 1. The Kier molecular flexibility index (Phi) is 3.16. The molecule has 2 N–H and O–H groups in total. The van der Waals surface area contributed by atoms with Gasteiger partial charge in [-0.05, 0) is 13.0 Å². The van der Waals surface area contributed by atoms with Crippen molar-refractivity contribution in [3.05, 3.63) is 48.7 Å². The molecule has 5 heteroatoms. The third kappa shape index (κ3) is 2.25. The highest BCUT2D eigenvalue weighted by Crippen LogP contribution is 2.22. The molecular weight excluding hydrogens is 250 g/mol. The van der Waals surface area contributed by atoms with Crippen LogP contribution in [0, 0.1) is 0 Å². The van der Waals surface area contributed by atoms with E-state index in [1.165, 1.54) is 0 Å². The number of anilines is 1. The average Bonchev–Trinajstić information content (AvgIpc) is 2.96. The summed E-state index contributed by atoms with van der Waals surface area (Å²) in [5.74, 6) is 1.06. The monoisotopic (exact) mass is 265 g/mol. The molecule has 20 heavy (non-hydrogen) atoms. The first kappa shape index (κ1) is 12.3. The zero-order valence-electron chi connectivity index (χ0n) is 11.2. The van der Waals surface area contributed by atoms with Crippen molar-refractivity contribution < 1.29 is 0 Å². The van der Waals surface area contributed by atoms with Crippen LogP contribution in [0.2, 0.25) is 0 Å². The molecule has 1 aromatic carbocycles. The first-order chi connectivity index (χ1) is 9.78. The van der Waals surface area contributed by atoms with Crippen molar-refractivity contribution in [1.29, 1.82) is 0 Å². The van der Waals surface area contributed by atoms with Crippen LogP contribution < -0.4 is 5.73 Å². The van der Waals surface area contributed by atoms with E-state index < -0.39 is 0 Å². The molecule has 0 amide bonds. The number of aryl methyl sites for hydroxylation is 1. The van der Waals surface area contributed by atoms with E-state index in [0.29, 0.717) is 11.6 Å². The van der Waals surface area contributed by atoms with Crippen molar-refractivity contribution >= 4 is 5.82 Å². The van der Waals surface area contributed by atoms with Gasteiger partial charge >= 0.3 is 0 Å². The SMILES string of the molecule is CCn1nccc1-c1nc(N)cc(-c2ccccc2)n1. The van der Waals surface area contributed by atoms with Crippen LogP contribution in [-0.2, 0) is 6.54 Å². The largest absolute Gasteiger partial charge is 0.384 e. The smallest absolute Gasteiger partial charge is 0.180 e. The number of hydrogen-bond donors (Lipinski definition) is 1. The molecular formula is C15H15N5. The van der Waals surface area contributed by atoms with Crippen LogP contribution in [0.15, 0.2) is 48.7 Å². The van der Waals surface area contributed by atoms with E-state index in [9.17, 15) is 0 Å². The van der Waals surface area contributed by atoms with E-state index in [-0.39, 0.29) is 0 Å². The van der Waals surface area contributed by atoms with Gasteiger partial charge in [0, 0.05) is 24.4 Å². The number of aromatic nitrogens is 4. The summed E-state index contributed by atoms with van der Waals surface area (Å²) in [5, 5.41) is 4.24. The van der Waals surface area contributed by atoms with Gasteiger partial charge in [0.05, 0.1) is 5.69 Å². The minimum atomic E-state index is 0.456. The third-order valence-electron chi connectivity index (χ3n) is 3.06. The number of benzene rings is 1. The Bertz CT molecular complexity index is 718. The fraction of sp³-hybridized carbons (Fsp3) is 0.133. The van der Waals surface area contributed by atoms with E-state index >= 15 is 0 Å². The Morgan fingerprint density at radius 1 is 1.10 bits per heavy atom. The van der Waals surface area contributed by atoms with Crippen molar-refractivity contribution in [1.82, 2.24) is 19.7 Å². The first-order valence-corrected chi connectivity index (χ1v) is 6.50. The van der Waals surface area contributed by atoms with Gasteiger partial charge in [-0.1, -0.05) is 30.3 Å². The molecule has 3 aromatic rings. The Labute approximate surface area is 117 Å². The molecule has 3 rings (SSSR count). The van der Waals surface area contributed by atoms with Crippen LogP contribution in [0.5, 0.6) is 0 Å². The fourth-order valence-electron chi connectivity index (χ4n) is 2.11. The van der Waals surface area contributed by atoms with Crippen molar-refractivity contribution in [2.75, 3.05) is 5.73 Å². The molecule has 0 spiro atoms. The highest BCUT2D eigenvalue weighted by atomic mass is 15.3. The highest BCUT2D eigenvalue weighted by Gasteiger charge is 2.10. The molecule has 0 atom stereocenters. The summed E-state index contributed by atoms with van der Waals surface area (Å²) in [4.78, 5) is 8.92. The maximum absolute atomic E-state index is 5.91.